The molecule has 0 aromatic carbocycles. The molecule has 3 atom stereocenters. The van der Waals surface area contributed by atoms with Crippen molar-refractivity contribution >= 4 is 5.97 Å². The van der Waals surface area contributed by atoms with Gasteiger partial charge in [0.25, 0.3) is 0 Å². The molecule has 0 amide bonds. The smallest absolute Gasteiger partial charge is 0.308 e. The fourth-order valence-corrected chi connectivity index (χ4v) is 3.62. The van der Waals surface area contributed by atoms with Gasteiger partial charge in [0, 0.05) is 12.6 Å². The number of nitrogens with zero attached hydrogens (tertiary/aromatic N) is 1. The second kappa shape index (κ2) is 7.99. The Kier molecular flexibility index (Phi) is 6.30. The molecule has 1 saturated carbocycles. The zero-order valence-corrected chi connectivity index (χ0v) is 13.1. The zero-order chi connectivity index (χ0) is 14.4. The van der Waals surface area contributed by atoms with E-state index in [1.165, 1.54) is 32.4 Å². The van der Waals surface area contributed by atoms with Gasteiger partial charge in [-0.25, -0.2) is 0 Å². The van der Waals surface area contributed by atoms with Gasteiger partial charge in [0.05, 0.1) is 12.5 Å². The highest BCUT2D eigenvalue weighted by Crippen LogP contribution is 2.26. The first-order valence-corrected chi connectivity index (χ1v) is 8.27. The Balaban J connectivity index is 1.71. The van der Waals surface area contributed by atoms with E-state index in [4.69, 9.17) is 4.74 Å². The lowest BCUT2D eigenvalue weighted by atomic mass is 9.85. The minimum Gasteiger partial charge on any atom is -0.466 e. The van der Waals surface area contributed by atoms with Crippen molar-refractivity contribution in [1.29, 1.82) is 0 Å². The number of carbonyl (C=O) groups is 1. The van der Waals surface area contributed by atoms with Gasteiger partial charge in [-0.1, -0.05) is 6.42 Å². The lowest BCUT2D eigenvalue weighted by molar-refractivity contribution is -0.149. The fraction of sp³-hybridized carbons (Fsp3) is 0.938. The van der Waals surface area contributed by atoms with Gasteiger partial charge in [-0.2, -0.15) is 0 Å². The summed E-state index contributed by atoms with van der Waals surface area (Å²) in [6, 6.07) is 0.505. The third kappa shape index (κ3) is 4.74. The van der Waals surface area contributed by atoms with Gasteiger partial charge in [0.2, 0.25) is 0 Å². The maximum Gasteiger partial charge on any atom is 0.308 e. The predicted octanol–water partition coefficient (Wildman–Crippen LogP) is 2.04. The van der Waals surface area contributed by atoms with Crippen molar-refractivity contribution in [2.45, 2.75) is 51.5 Å². The summed E-state index contributed by atoms with van der Waals surface area (Å²) < 4.78 is 5.16. The molecule has 3 unspecified atom stereocenters. The summed E-state index contributed by atoms with van der Waals surface area (Å²) in [6.45, 7) is 5.94. The van der Waals surface area contributed by atoms with E-state index in [0.717, 1.165) is 31.7 Å². The number of esters is 1. The van der Waals surface area contributed by atoms with Crippen LogP contribution in [0.1, 0.15) is 45.4 Å². The number of nitrogens with one attached hydrogen (secondary N) is 1. The third-order valence-corrected chi connectivity index (χ3v) is 4.71. The Labute approximate surface area is 123 Å². The van der Waals surface area contributed by atoms with Crippen LogP contribution in [0.25, 0.3) is 0 Å². The summed E-state index contributed by atoms with van der Waals surface area (Å²) in [5, 5.41) is 3.70. The second-order valence-electron chi connectivity index (χ2n) is 6.49. The normalized spacial score (nSPS) is 32.0. The molecule has 2 aliphatic rings. The lowest BCUT2D eigenvalue weighted by Crippen LogP contribution is -2.43. The zero-order valence-electron chi connectivity index (χ0n) is 13.1. The molecule has 0 radical (unpaired) electrons. The highest BCUT2D eigenvalue weighted by atomic mass is 16.5. The molecule has 1 aliphatic carbocycles. The Morgan fingerprint density at radius 1 is 1.30 bits per heavy atom. The molecule has 2 rings (SSSR count). The number of rotatable bonds is 5. The van der Waals surface area contributed by atoms with Crippen molar-refractivity contribution in [2.75, 3.05) is 33.3 Å². The van der Waals surface area contributed by atoms with Crippen LogP contribution in [0, 0.1) is 11.8 Å². The summed E-state index contributed by atoms with van der Waals surface area (Å²) in [5.74, 6) is 0.906. The van der Waals surface area contributed by atoms with E-state index < -0.39 is 0 Å². The molecular weight excluding hydrogens is 252 g/mol. The molecule has 0 spiro atoms. The highest BCUT2D eigenvalue weighted by molar-refractivity contribution is 5.72. The van der Waals surface area contributed by atoms with E-state index in [-0.39, 0.29) is 11.9 Å². The molecule has 4 heteroatoms. The Hall–Kier alpha value is -0.610. The summed E-state index contributed by atoms with van der Waals surface area (Å²) >= 11 is 0. The van der Waals surface area contributed by atoms with Crippen molar-refractivity contribution in [2.24, 2.45) is 11.8 Å². The van der Waals surface area contributed by atoms with Crippen LogP contribution in [0.3, 0.4) is 0 Å². The van der Waals surface area contributed by atoms with Crippen LogP contribution in [0.2, 0.25) is 0 Å². The molecule has 116 valence electrons. The molecule has 1 saturated heterocycles. The van der Waals surface area contributed by atoms with Crippen molar-refractivity contribution < 1.29 is 9.53 Å². The summed E-state index contributed by atoms with van der Waals surface area (Å²) in [6.07, 6.45) is 6.97. The molecule has 1 aliphatic heterocycles. The van der Waals surface area contributed by atoms with Crippen molar-refractivity contribution in [1.82, 2.24) is 10.2 Å². The van der Waals surface area contributed by atoms with Crippen LogP contribution >= 0.6 is 0 Å². The van der Waals surface area contributed by atoms with Gasteiger partial charge in [-0.05, 0) is 65.1 Å². The molecule has 4 nitrogen and oxygen atoms in total. The fourth-order valence-electron chi connectivity index (χ4n) is 3.62. The SMILES string of the molecule is CCOC(=O)C1CCCC(NCC2CCCN(C)C2)C1. The maximum absolute atomic E-state index is 11.8. The Morgan fingerprint density at radius 3 is 2.90 bits per heavy atom. The van der Waals surface area contributed by atoms with E-state index in [0.29, 0.717) is 12.6 Å². The van der Waals surface area contributed by atoms with Crippen LogP contribution in [-0.2, 0) is 9.53 Å². The van der Waals surface area contributed by atoms with Gasteiger partial charge in [0.15, 0.2) is 0 Å². The number of carbonyl (C=O) groups excluding carboxylic acids is 1. The summed E-state index contributed by atoms with van der Waals surface area (Å²) in [5.41, 5.74) is 0. The first-order chi connectivity index (χ1) is 9.69. The number of piperidine rings is 1. The van der Waals surface area contributed by atoms with Gasteiger partial charge in [0.1, 0.15) is 0 Å². The van der Waals surface area contributed by atoms with E-state index in [1.54, 1.807) is 0 Å². The summed E-state index contributed by atoms with van der Waals surface area (Å²) in [7, 11) is 2.21. The topological polar surface area (TPSA) is 41.6 Å². The van der Waals surface area contributed by atoms with Gasteiger partial charge in [-0.3, -0.25) is 4.79 Å². The molecule has 2 fully saturated rings. The second-order valence-corrected chi connectivity index (χ2v) is 6.49. The van der Waals surface area contributed by atoms with Crippen molar-refractivity contribution in [3.8, 4) is 0 Å². The van der Waals surface area contributed by atoms with E-state index in [9.17, 15) is 4.79 Å². The van der Waals surface area contributed by atoms with Crippen LogP contribution in [0.5, 0.6) is 0 Å². The molecule has 0 aromatic heterocycles. The molecule has 0 bridgehead atoms. The van der Waals surface area contributed by atoms with Crippen molar-refractivity contribution in [3.63, 3.8) is 0 Å². The van der Waals surface area contributed by atoms with Crippen molar-refractivity contribution in [3.05, 3.63) is 0 Å². The average Bonchev–Trinajstić information content (AvgIpc) is 2.46. The average molecular weight is 282 g/mol. The number of hydrogen-bond acceptors (Lipinski definition) is 4. The van der Waals surface area contributed by atoms with E-state index in [1.807, 2.05) is 6.92 Å². The number of ether oxygens (including phenoxy) is 1. The molecule has 20 heavy (non-hydrogen) atoms. The monoisotopic (exact) mass is 282 g/mol. The molecule has 0 aromatic rings. The Bertz CT molecular complexity index is 309. The van der Waals surface area contributed by atoms with E-state index >= 15 is 0 Å². The minimum atomic E-state index is 0.0106. The van der Waals surface area contributed by atoms with Gasteiger partial charge in [-0.15, -0.1) is 0 Å². The number of likely N-dealkylation sites (tertiary alicyclic amines) is 1. The van der Waals surface area contributed by atoms with Crippen LogP contribution in [0.15, 0.2) is 0 Å². The maximum atomic E-state index is 11.8. The van der Waals surface area contributed by atoms with Crippen LogP contribution in [0.4, 0.5) is 0 Å². The van der Waals surface area contributed by atoms with Gasteiger partial charge < -0.3 is 15.0 Å². The largest absolute Gasteiger partial charge is 0.466 e. The first-order valence-electron chi connectivity index (χ1n) is 8.27. The predicted molar refractivity (Wildman–Crippen MR) is 80.6 cm³/mol. The van der Waals surface area contributed by atoms with Gasteiger partial charge >= 0.3 is 5.97 Å². The number of hydrogen-bond donors (Lipinski definition) is 1. The van der Waals surface area contributed by atoms with Crippen LogP contribution in [-0.4, -0.2) is 50.2 Å². The lowest BCUT2D eigenvalue weighted by Gasteiger charge is -2.33. The minimum absolute atomic E-state index is 0.0106. The quantitative estimate of drug-likeness (QED) is 0.784. The standard InChI is InChI=1S/C16H30N2O2/c1-3-20-16(19)14-7-4-8-15(10-14)17-11-13-6-5-9-18(2)12-13/h13-15,17H,3-12H2,1-2H3. The molecule has 1 N–H and O–H groups in total. The molecular formula is C16H30N2O2. The molecule has 1 heterocycles. The first kappa shape index (κ1) is 15.8. The van der Waals surface area contributed by atoms with Crippen LogP contribution < -0.4 is 5.32 Å². The Morgan fingerprint density at radius 2 is 2.15 bits per heavy atom. The summed E-state index contributed by atoms with van der Waals surface area (Å²) in [4.78, 5) is 14.3. The third-order valence-electron chi connectivity index (χ3n) is 4.71. The van der Waals surface area contributed by atoms with E-state index in [2.05, 4.69) is 17.3 Å². The highest BCUT2D eigenvalue weighted by Gasteiger charge is 2.28.